The number of likely N-dealkylation sites (tertiary alicyclic amines) is 1. The molecule has 2 aliphatic rings. The van der Waals surface area contributed by atoms with Crippen LogP contribution in [-0.4, -0.2) is 41.5 Å². The Morgan fingerprint density at radius 3 is 2.51 bits per heavy atom. The lowest BCUT2D eigenvalue weighted by atomic mass is 9.95. The summed E-state index contributed by atoms with van der Waals surface area (Å²) in [4.78, 5) is 27.9. The summed E-state index contributed by atoms with van der Waals surface area (Å²) in [7, 11) is 0. The number of Topliss-reactive ketones (excluding diaryl/α,β-unsaturated/α-hetero) is 1. The summed E-state index contributed by atoms with van der Waals surface area (Å²) in [5.41, 5.74) is 1.03. The van der Waals surface area contributed by atoms with Crippen molar-refractivity contribution in [2.75, 3.05) is 19.8 Å². The molecule has 2 aromatic carbocycles. The zero-order valence-corrected chi connectivity index (χ0v) is 20.8. The minimum atomic E-state index is -0.817. The second-order valence-corrected chi connectivity index (χ2v) is 9.46. The van der Waals surface area contributed by atoms with Gasteiger partial charge in [-0.05, 0) is 60.4 Å². The summed E-state index contributed by atoms with van der Waals surface area (Å²) >= 11 is 0. The molecule has 2 aliphatic heterocycles. The van der Waals surface area contributed by atoms with Crippen LogP contribution in [0.5, 0.6) is 17.2 Å². The first-order valence-corrected chi connectivity index (χ1v) is 12.4. The van der Waals surface area contributed by atoms with Crippen LogP contribution in [0.25, 0.3) is 5.76 Å². The van der Waals surface area contributed by atoms with Crippen molar-refractivity contribution in [1.29, 1.82) is 0 Å². The number of furan rings is 1. The Hall–Kier alpha value is -4.20. The number of nitrogens with zero attached hydrogens (tertiary/aromatic N) is 1. The SMILES string of the molecule is CC(C)CCOc1ccc([C@@H]2C(=C(O)c3ccc4c(c3)OCCO4)C(=O)C(=O)N2Cc2ccco2)cc1. The van der Waals surface area contributed by atoms with Crippen LogP contribution < -0.4 is 14.2 Å². The van der Waals surface area contributed by atoms with Gasteiger partial charge in [0, 0.05) is 5.56 Å². The molecule has 8 nitrogen and oxygen atoms in total. The zero-order chi connectivity index (χ0) is 25.9. The number of carbonyl (C=O) groups is 2. The number of hydrogen-bond donors (Lipinski definition) is 1. The predicted octanol–water partition coefficient (Wildman–Crippen LogP) is 5.10. The molecular weight excluding hydrogens is 474 g/mol. The molecule has 1 N–H and O–H groups in total. The van der Waals surface area contributed by atoms with Gasteiger partial charge in [0.2, 0.25) is 0 Å². The lowest BCUT2D eigenvalue weighted by Gasteiger charge is -2.25. The molecule has 37 heavy (non-hydrogen) atoms. The fraction of sp³-hybridized carbons (Fsp3) is 0.310. The normalized spacial score (nSPS) is 18.5. The molecule has 1 atom stereocenters. The number of amides is 1. The molecule has 3 aromatic rings. The smallest absolute Gasteiger partial charge is 0.296 e. The predicted molar refractivity (Wildman–Crippen MR) is 135 cm³/mol. The van der Waals surface area contributed by atoms with E-state index in [9.17, 15) is 14.7 Å². The Morgan fingerprint density at radius 1 is 1.05 bits per heavy atom. The van der Waals surface area contributed by atoms with Gasteiger partial charge in [-0.2, -0.15) is 0 Å². The van der Waals surface area contributed by atoms with Gasteiger partial charge < -0.3 is 28.6 Å². The lowest BCUT2D eigenvalue weighted by Crippen LogP contribution is -2.29. The highest BCUT2D eigenvalue weighted by molar-refractivity contribution is 6.46. The van der Waals surface area contributed by atoms with Gasteiger partial charge in [-0.15, -0.1) is 0 Å². The van der Waals surface area contributed by atoms with E-state index >= 15 is 0 Å². The molecule has 0 spiro atoms. The molecule has 5 rings (SSSR count). The molecular formula is C29H29NO7. The lowest BCUT2D eigenvalue weighted by molar-refractivity contribution is -0.140. The maximum atomic E-state index is 13.3. The molecule has 0 unspecified atom stereocenters. The van der Waals surface area contributed by atoms with E-state index in [1.807, 2.05) is 24.3 Å². The number of aliphatic hydroxyl groups excluding tert-OH is 1. The van der Waals surface area contributed by atoms with E-state index in [2.05, 4.69) is 13.8 Å². The van der Waals surface area contributed by atoms with Crippen molar-refractivity contribution in [3.05, 3.63) is 83.3 Å². The van der Waals surface area contributed by atoms with Crippen LogP contribution in [0.1, 0.15) is 43.2 Å². The van der Waals surface area contributed by atoms with Gasteiger partial charge >= 0.3 is 0 Å². The van der Waals surface area contributed by atoms with E-state index in [-0.39, 0.29) is 17.9 Å². The summed E-state index contributed by atoms with van der Waals surface area (Å²) in [5, 5.41) is 11.3. The molecule has 8 heteroatoms. The quantitative estimate of drug-likeness (QED) is 0.259. The maximum absolute atomic E-state index is 13.3. The molecule has 192 valence electrons. The number of fused-ring (bicyclic) bond motifs is 1. The zero-order valence-electron chi connectivity index (χ0n) is 20.8. The number of hydrogen-bond acceptors (Lipinski definition) is 7. The van der Waals surface area contributed by atoms with Crippen LogP contribution in [-0.2, 0) is 16.1 Å². The Kier molecular flexibility index (Phi) is 6.90. The van der Waals surface area contributed by atoms with Gasteiger partial charge in [-0.1, -0.05) is 26.0 Å². The fourth-order valence-electron chi connectivity index (χ4n) is 4.47. The van der Waals surface area contributed by atoms with Gasteiger partial charge in [0.25, 0.3) is 11.7 Å². The van der Waals surface area contributed by atoms with Crippen molar-refractivity contribution in [3.8, 4) is 17.2 Å². The van der Waals surface area contributed by atoms with Crippen molar-refractivity contribution in [2.24, 2.45) is 5.92 Å². The van der Waals surface area contributed by atoms with Crippen molar-refractivity contribution in [1.82, 2.24) is 4.90 Å². The first kappa shape index (κ1) is 24.5. The van der Waals surface area contributed by atoms with Crippen molar-refractivity contribution in [2.45, 2.75) is 32.9 Å². The maximum Gasteiger partial charge on any atom is 0.296 e. The average molecular weight is 504 g/mol. The topological polar surface area (TPSA) is 98.4 Å². The number of ether oxygens (including phenoxy) is 3. The molecule has 0 radical (unpaired) electrons. The monoisotopic (exact) mass is 503 g/mol. The largest absolute Gasteiger partial charge is 0.507 e. The number of aliphatic hydroxyl groups is 1. The highest BCUT2D eigenvalue weighted by atomic mass is 16.6. The van der Waals surface area contributed by atoms with E-state index in [1.165, 1.54) is 11.2 Å². The van der Waals surface area contributed by atoms with E-state index < -0.39 is 17.7 Å². The second kappa shape index (κ2) is 10.4. The first-order valence-electron chi connectivity index (χ1n) is 12.4. The van der Waals surface area contributed by atoms with Crippen LogP contribution in [0.2, 0.25) is 0 Å². The minimum absolute atomic E-state index is 0.00158. The molecule has 0 aliphatic carbocycles. The van der Waals surface area contributed by atoms with Crippen molar-refractivity contribution < 1.29 is 33.3 Å². The van der Waals surface area contributed by atoms with Crippen LogP contribution in [0, 0.1) is 5.92 Å². The average Bonchev–Trinajstić information content (AvgIpc) is 3.51. The minimum Gasteiger partial charge on any atom is -0.507 e. The van der Waals surface area contributed by atoms with Crippen molar-refractivity contribution >= 4 is 17.4 Å². The molecule has 1 amide bonds. The molecule has 1 aromatic heterocycles. The van der Waals surface area contributed by atoms with Crippen LogP contribution in [0.4, 0.5) is 0 Å². The van der Waals surface area contributed by atoms with Gasteiger partial charge in [-0.25, -0.2) is 0 Å². The van der Waals surface area contributed by atoms with Gasteiger partial charge in [0.15, 0.2) is 11.5 Å². The highest BCUT2D eigenvalue weighted by Gasteiger charge is 2.46. The standard InChI is InChI=1S/C29H29NO7/c1-18(2)11-13-35-21-8-5-19(6-9-21)26-25(28(32)29(33)30(26)17-22-4-3-12-34-22)27(31)20-7-10-23-24(16-20)37-15-14-36-23/h3-10,12,16,18,26,31H,11,13-15,17H2,1-2H3/t26-/m1/s1. The summed E-state index contributed by atoms with van der Waals surface area (Å²) in [6.45, 7) is 5.76. The number of carbonyl (C=O) groups excluding carboxylic acids is 2. The molecule has 0 saturated carbocycles. The van der Waals surface area contributed by atoms with Crippen LogP contribution in [0.15, 0.2) is 70.9 Å². The summed E-state index contributed by atoms with van der Waals surface area (Å²) < 4.78 is 22.5. The van der Waals surface area contributed by atoms with Gasteiger partial charge in [0.1, 0.15) is 30.5 Å². The fourth-order valence-corrected chi connectivity index (χ4v) is 4.47. The molecule has 0 bridgehead atoms. The summed E-state index contributed by atoms with van der Waals surface area (Å²) in [6.07, 6.45) is 2.44. The second-order valence-electron chi connectivity index (χ2n) is 9.46. The summed E-state index contributed by atoms with van der Waals surface area (Å²) in [5.74, 6) is 1.03. The van der Waals surface area contributed by atoms with E-state index in [1.54, 1.807) is 30.3 Å². The van der Waals surface area contributed by atoms with Crippen molar-refractivity contribution in [3.63, 3.8) is 0 Å². The third kappa shape index (κ3) is 5.05. The number of ketones is 1. The molecule has 1 saturated heterocycles. The third-order valence-corrected chi connectivity index (χ3v) is 6.42. The molecule has 3 heterocycles. The Balaban J connectivity index is 1.53. The van der Waals surface area contributed by atoms with E-state index in [4.69, 9.17) is 18.6 Å². The Bertz CT molecular complexity index is 1310. The number of rotatable bonds is 8. The number of benzene rings is 2. The Labute approximate surface area is 215 Å². The third-order valence-electron chi connectivity index (χ3n) is 6.42. The van der Waals surface area contributed by atoms with E-state index in [0.29, 0.717) is 59.9 Å². The Morgan fingerprint density at radius 2 is 1.81 bits per heavy atom. The van der Waals surface area contributed by atoms with E-state index in [0.717, 1.165) is 6.42 Å². The van der Waals surface area contributed by atoms with Gasteiger partial charge in [0.05, 0.1) is 31.0 Å². The first-order chi connectivity index (χ1) is 17.9. The summed E-state index contributed by atoms with van der Waals surface area (Å²) in [6, 6.07) is 14.8. The van der Waals surface area contributed by atoms with Crippen LogP contribution in [0.3, 0.4) is 0 Å². The highest BCUT2D eigenvalue weighted by Crippen LogP contribution is 2.42. The van der Waals surface area contributed by atoms with Crippen LogP contribution >= 0.6 is 0 Å². The molecule has 1 fully saturated rings. The van der Waals surface area contributed by atoms with Gasteiger partial charge in [-0.3, -0.25) is 9.59 Å².